The Labute approximate surface area is 149 Å². The van der Waals surface area contributed by atoms with Gasteiger partial charge in [0, 0.05) is 16.6 Å². The van der Waals surface area contributed by atoms with Crippen molar-refractivity contribution in [3.8, 4) is 5.75 Å². The first kappa shape index (κ1) is 20.2. The highest BCUT2D eigenvalue weighted by Gasteiger charge is 2.16. The summed E-state index contributed by atoms with van der Waals surface area (Å²) in [5.74, 6) is -0.633. The zero-order valence-corrected chi connectivity index (χ0v) is 14.7. The molecule has 2 rings (SSSR count). The van der Waals surface area contributed by atoms with E-state index in [1.807, 2.05) is 0 Å². The summed E-state index contributed by atoms with van der Waals surface area (Å²) in [6.07, 6.45) is 0.0694. The normalized spacial score (nSPS) is 10.5. The van der Waals surface area contributed by atoms with E-state index in [0.717, 1.165) is 0 Å². The Morgan fingerprint density at radius 1 is 1.00 bits per heavy atom. The van der Waals surface area contributed by atoms with Crippen molar-refractivity contribution in [3.63, 3.8) is 0 Å². The van der Waals surface area contributed by atoms with E-state index in [9.17, 15) is 13.2 Å². The number of carbonyl (C=O) groups is 1. The molecule has 0 unspecified atom stereocenters. The molecule has 0 atom stereocenters. The Hall–Kier alpha value is -1.80. The molecule has 0 saturated heterocycles. The van der Waals surface area contributed by atoms with Gasteiger partial charge in [0.25, 0.3) is 0 Å². The maximum Gasteiger partial charge on any atom is 0.339 e. The van der Waals surface area contributed by atoms with Gasteiger partial charge in [-0.1, -0.05) is 23.2 Å². The third-order valence-corrected chi connectivity index (χ3v) is 4.25. The molecule has 24 heavy (non-hydrogen) atoms. The van der Waals surface area contributed by atoms with Gasteiger partial charge in [-0.3, -0.25) is 4.79 Å². The monoisotopic (exact) mass is 391 g/mol. The second-order valence-electron chi connectivity index (χ2n) is 4.38. The molecule has 0 spiro atoms. The second-order valence-corrected chi connectivity index (χ2v) is 6.80. The second kappa shape index (κ2) is 9.48. The van der Waals surface area contributed by atoms with Crippen molar-refractivity contribution in [1.29, 1.82) is 0 Å². The molecule has 0 amide bonds. The Kier molecular flexibility index (Phi) is 8.00. The summed E-state index contributed by atoms with van der Waals surface area (Å²) in [6.45, 7) is 0.231. The molecule has 9 heteroatoms. The number of benzene rings is 2. The number of carboxylic acid groups (broad SMARTS) is 1. The zero-order chi connectivity index (χ0) is 18.2. The molecule has 2 aromatic rings. The fourth-order valence-corrected chi connectivity index (χ4v) is 2.57. The highest BCUT2D eigenvalue weighted by atomic mass is 35.5. The molecule has 0 saturated carbocycles. The molecule has 0 aliphatic heterocycles. The van der Waals surface area contributed by atoms with E-state index in [1.165, 1.54) is 36.4 Å². The minimum absolute atomic E-state index is 0.0434. The Morgan fingerprint density at radius 2 is 1.46 bits per heavy atom. The van der Waals surface area contributed by atoms with E-state index in [-0.39, 0.29) is 23.6 Å². The lowest BCUT2D eigenvalue weighted by molar-refractivity contribution is -0.136. The standard InChI is InChI=1S/C12H8Cl2O3S.C3H7NO2/c13-9-1-5-11(6-2-9)17-18(15,16)12-7-3-10(14)4-8-12;4-2-1-3(5)6/h1-8H;1-2,4H2,(H,5,6). The molecule has 2 aromatic carbocycles. The van der Waals surface area contributed by atoms with Crippen molar-refractivity contribution in [2.45, 2.75) is 11.3 Å². The van der Waals surface area contributed by atoms with Crippen LogP contribution in [-0.4, -0.2) is 26.0 Å². The van der Waals surface area contributed by atoms with Crippen molar-refractivity contribution < 1.29 is 22.5 Å². The van der Waals surface area contributed by atoms with E-state index in [2.05, 4.69) is 0 Å². The lowest BCUT2D eigenvalue weighted by Gasteiger charge is -2.06. The number of rotatable bonds is 5. The lowest BCUT2D eigenvalue weighted by atomic mass is 10.3. The third kappa shape index (κ3) is 7.18. The summed E-state index contributed by atoms with van der Waals surface area (Å²) >= 11 is 11.4. The largest absolute Gasteiger partial charge is 0.481 e. The summed E-state index contributed by atoms with van der Waals surface area (Å²) in [5, 5.41) is 8.80. The molecule has 0 fully saturated rings. The van der Waals surface area contributed by atoms with Crippen LogP contribution in [0.1, 0.15) is 6.42 Å². The van der Waals surface area contributed by atoms with E-state index in [0.29, 0.717) is 10.0 Å². The van der Waals surface area contributed by atoms with E-state index in [4.69, 9.17) is 38.2 Å². The van der Waals surface area contributed by atoms with Crippen molar-refractivity contribution in [3.05, 3.63) is 58.6 Å². The number of hydrogen-bond acceptors (Lipinski definition) is 5. The molecular weight excluding hydrogens is 377 g/mol. The van der Waals surface area contributed by atoms with Crippen LogP contribution in [0.5, 0.6) is 5.75 Å². The minimum atomic E-state index is -3.84. The molecule has 0 radical (unpaired) electrons. The molecule has 0 aromatic heterocycles. The Balaban J connectivity index is 0.000000413. The minimum Gasteiger partial charge on any atom is -0.481 e. The average molecular weight is 392 g/mol. The van der Waals surface area contributed by atoms with Gasteiger partial charge in [0.05, 0.1) is 6.42 Å². The van der Waals surface area contributed by atoms with E-state index in [1.54, 1.807) is 12.1 Å². The molecule has 0 aliphatic rings. The quantitative estimate of drug-likeness (QED) is 0.757. The summed E-state index contributed by atoms with van der Waals surface area (Å²) in [5.41, 5.74) is 4.85. The average Bonchev–Trinajstić information content (AvgIpc) is 2.50. The summed E-state index contributed by atoms with van der Waals surface area (Å²) < 4.78 is 28.8. The van der Waals surface area contributed by atoms with Crippen LogP contribution in [0.15, 0.2) is 53.4 Å². The molecule has 0 aliphatic carbocycles. The maximum atomic E-state index is 11.9. The molecule has 0 heterocycles. The van der Waals surface area contributed by atoms with Crippen LogP contribution in [0.2, 0.25) is 10.0 Å². The first-order valence-electron chi connectivity index (χ1n) is 6.62. The number of aliphatic carboxylic acids is 1. The third-order valence-electron chi connectivity index (χ3n) is 2.48. The Bertz CT molecular complexity index is 761. The predicted molar refractivity (Wildman–Crippen MR) is 92.0 cm³/mol. The predicted octanol–water partition coefficient (Wildman–Crippen LogP) is 3.18. The van der Waals surface area contributed by atoms with Crippen molar-refractivity contribution in [1.82, 2.24) is 0 Å². The van der Waals surface area contributed by atoms with Gasteiger partial charge < -0.3 is 15.0 Å². The number of nitrogens with two attached hydrogens (primary N) is 1. The van der Waals surface area contributed by atoms with Gasteiger partial charge in [-0.15, -0.1) is 0 Å². The van der Waals surface area contributed by atoms with Gasteiger partial charge in [-0.2, -0.15) is 8.42 Å². The summed E-state index contributed by atoms with van der Waals surface area (Å²) in [7, 11) is -3.84. The van der Waals surface area contributed by atoms with E-state index < -0.39 is 16.1 Å². The van der Waals surface area contributed by atoms with Crippen LogP contribution in [0.3, 0.4) is 0 Å². The fourth-order valence-electron chi connectivity index (χ4n) is 1.39. The van der Waals surface area contributed by atoms with Crippen LogP contribution in [0.25, 0.3) is 0 Å². The SMILES string of the molecule is NCCC(=O)O.O=S(=O)(Oc1ccc(Cl)cc1)c1ccc(Cl)cc1. The highest BCUT2D eigenvalue weighted by molar-refractivity contribution is 7.87. The first-order valence-corrected chi connectivity index (χ1v) is 8.78. The Morgan fingerprint density at radius 3 is 1.83 bits per heavy atom. The molecular formula is C15H15Cl2NO5S. The van der Waals surface area contributed by atoms with Gasteiger partial charge in [0.1, 0.15) is 10.6 Å². The number of hydrogen-bond donors (Lipinski definition) is 2. The zero-order valence-electron chi connectivity index (χ0n) is 12.4. The number of halogens is 2. The van der Waals surface area contributed by atoms with Gasteiger partial charge in [0.2, 0.25) is 0 Å². The fraction of sp³-hybridized carbons (Fsp3) is 0.133. The van der Waals surface area contributed by atoms with Crippen molar-refractivity contribution >= 4 is 39.3 Å². The number of carboxylic acids is 1. The van der Waals surface area contributed by atoms with Gasteiger partial charge >= 0.3 is 16.1 Å². The van der Waals surface area contributed by atoms with Crippen LogP contribution in [-0.2, 0) is 14.9 Å². The maximum absolute atomic E-state index is 11.9. The van der Waals surface area contributed by atoms with Crippen LogP contribution in [0.4, 0.5) is 0 Å². The van der Waals surface area contributed by atoms with Crippen LogP contribution in [0, 0.1) is 0 Å². The first-order chi connectivity index (χ1) is 11.2. The van der Waals surface area contributed by atoms with E-state index >= 15 is 0 Å². The highest BCUT2D eigenvalue weighted by Crippen LogP contribution is 2.21. The topological polar surface area (TPSA) is 107 Å². The molecule has 130 valence electrons. The summed E-state index contributed by atoms with van der Waals surface area (Å²) in [4.78, 5) is 9.56. The van der Waals surface area contributed by atoms with Crippen LogP contribution >= 0.6 is 23.2 Å². The van der Waals surface area contributed by atoms with Crippen LogP contribution < -0.4 is 9.92 Å². The summed E-state index contributed by atoms with van der Waals surface area (Å²) in [6, 6.07) is 11.8. The van der Waals surface area contributed by atoms with Crippen molar-refractivity contribution in [2.75, 3.05) is 6.54 Å². The van der Waals surface area contributed by atoms with Crippen molar-refractivity contribution in [2.24, 2.45) is 5.73 Å². The molecule has 3 N–H and O–H groups in total. The molecule has 0 bridgehead atoms. The lowest BCUT2D eigenvalue weighted by Crippen LogP contribution is -2.09. The smallest absolute Gasteiger partial charge is 0.339 e. The van der Waals surface area contributed by atoms with Gasteiger partial charge in [0.15, 0.2) is 0 Å². The van der Waals surface area contributed by atoms with Gasteiger partial charge in [-0.05, 0) is 48.5 Å². The molecule has 6 nitrogen and oxygen atoms in total. The van der Waals surface area contributed by atoms with Gasteiger partial charge in [-0.25, -0.2) is 0 Å².